The average molecular weight is 553 g/mol. The van der Waals surface area contributed by atoms with E-state index in [4.69, 9.17) is 17.2 Å². The number of amides is 1. The summed E-state index contributed by atoms with van der Waals surface area (Å²) in [6.45, 7) is 2.59. The predicted octanol–water partition coefficient (Wildman–Crippen LogP) is 3.48. The first-order valence-corrected chi connectivity index (χ1v) is 15.1. The van der Waals surface area contributed by atoms with Crippen molar-refractivity contribution in [2.45, 2.75) is 32.2 Å². The fraction of sp³-hybridized carbons (Fsp3) is 0.308. The second-order valence-electron chi connectivity index (χ2n) is 9.58. The number of carbonyl (C=O) groups is 1. The first-order chi connectivity index (χ1) is 17.7. The topological polar surface area (TPSA) is 92.1 Å². The smallest absolute Gasteiger partial charge is 0.267 e. The van der Waals surface area contributed by atoms with Gasteiger partial charge in [-0.25, -0.2) is 13.4 Å². The summed E-state index contributed by atoms with van der Waals surface area (Å²) in [5.74, 6) is 0.0781. The maximum Gasteiger partial charge on any atom is 0.267 e. The highest BCUT2D eigenvalue weighted by Crippen LogP contribution is 2.39. The Labute approximate surface area is 223 Å². The Morgan fingerprint density at radius 1 is 1.16 bits per heavy atom. The summed E-state index contributed by atoms with van der Waals surface area (Å²) in [5, 5.41) is 0. The molecule has 3 aliphatic rings. The zero-order chi connectivity index (χ0) is 25.9. The molecule has 1 unspecified atom stereocenters. The summed E-state index contributed by atoms with van der Waals surface area (Å²) in [6, 6.07) is 11.3. The van der Waals surface area contributed by atoms with E-state index in [0.29, 0.717) is 39.2 Å². The summed E-state index contributed by atoms with van der Waals surface area (Å²) in [6.07, 6.45) is 5.53. The van der Waals surface area contributed by atoms with Crippen LogP contribution in [0.3, 0.4) is 0 Å². The van der Waals surface area contributed by atoms with Crippen LogP contribution in [0.4, 0.5) is 11.5 Å². The number of nitrogens with zero attached hydrogens (tertiary/aromatic N) is 4. The van der Waals surface area contributed by atoms with Gasteiger partial charge < -0.3 is 4.90 Å². The predicted molar refractivity (Wildman–Crippen MR) is 150 cm³/mol. The Morgan fingerprint density at radius 2 is 1.97 bits per heavy atom. The van der Waals surface area contributed by atoms with Crippen molar-refractivity contribution in [3.05, 3.63) is 74.5 Å². The molecule has 0 bridgehead atoms. The van der Waals surface area contributed by atoms with E-state index in [9.17, 15) is 18.0 Å². The van der Waals surface area contributed by atoms with E-state index in [1.807, 2.05) is 37.3 Å². The number of carbonyl (C=O) groups excluding carboxylic acids is 1. The largest absolute Gasteiger partial charge is 0.325 e. The third kappa shape index (κ3) is 4.28. The second-order valence-corrected chi connectivity index (χ2v) is 13.5. The summed E-state index contributed by atoms with van der Waals surface area (Å²) in [7, 11) is -3.19. The van der Waals surface area contributed by atoms with Crippen LogP contribution in [0.25, 0.3) is 11.7 Å². The van der Waals surface area contributed by atoms with E-state index in [1.54, 1.807) is 12.3 Å². The Bertz CT molecular complexity index is 1680. The van der Waals surface area contributed by atoms with Crippen LogP contribution < -0.4 is 10.5 Å². The molecule has 0 aliphatic carbocycles. The molecule has 0 radical (unpaired) electrons. The fourth-order valence-electron chi connectivity index (χ4n) is 5.24. The molecular weight excluding hydrogens is 529 g/mol. The van der Waals surface area contributed by atoms with Crippen LogP contribution in [0.5, 0.6) is 0 Å². The number of pyridine rings is 1. The maximum atomic E-state index is 13.9. The van der Waals surface area contributed by atoms with Crippen molar-refractivity contribution in [3.8, 4) is 0 Å². The summed E-state index contributed by atoms with van der Waals surface area (Å²) >= 11 is 6.58. The molecule has 5 heterocycles. The Kier molecular flexibility index (Phi) is 5.96. The molecule has 2 fully saturated rings. The van der Waals surface area contributed by atoms with E-state index in [1.165, 1.54) is 14.9 Å². The molecule has 2 saturated heterocycles. The lowest BCUT2D eigenvalue weighted by molar-refractivity contribution is -0.123. The molecule has 0 N–H and O–H groups in total. The normalized spacial score (nSPS) is 22.3. The third-order valence-corrected chi connectivity index (χ3v) is 10.1. The van der Waals surface area contributed by atoms with Crippen LogP contribution >= 0.6 is 24.0 Å². The standard InChI is InChI=1S/C26H24N4O4S3/c1-16-8-9-22-27-23(28-11-4-6-17-5-2-3-7-20(17)28)19(24(31)29(22)14-16)13-21-25(32)30(26(35)36-21)18-10-12-37(33,34)15-18/h2-3,5,7-9,13-14,18H,4,6,10-12,15H2,1H3/b21-13+. The van der Waals surface area contributed by atoms with Crippen LogP contribution in [0, 0.1) is 6.92 Å². The van der Waals surface area contributed by atoms with E-state index in [-0.39, 0.29) is 23.0 Å². The molecule has 0 spiro atoms. The number of para-hydroxylation sites is 1. The highest BCUT2D eigenvalue weighted by molar-refractivity contribution is 8.26. The van der Waals surface area contributed by atoms with Crippen LogP contribution in [0.15, 0.2) is 52.3 Å². The van der Waals surface area contributed by atoms with Gasteiger partial charge in [0.15, 0.2) is 9.84 Å². The van der Waals surface area contributed by atoms with Crippen molar-refractivity contribution in [3.63, 3.8) is 0 Å². The molecule has 11 heteroatoms. The van der Waals surface area contributed by atoms with Gasteiger partial charge in [-0.2, -0.15) is 0 Å². The number of thiocarbonyl (C=S) groups is 1. The minimum atomic E-state index is -3.19. The van der Waals surface area contributed by atoms with Crippen molar-refractivity contribution in [1.82, 2.24) is 14.3 Å². The van der Waals surface area contributed by atoms with Crippen molar-refractivity contribution in [1.29, 1.82) is 0 Å². The van der Waals surface area contributed by atoms with Gasteiger partial charge in [0, 0.05) is 18.4 Å². The van der Waals surface area contributed by atoms with Gasteiger partial charge in [-0.15, -0.1) is 0 Å². The zero-order valence-electron chi connectivity index (χ0n) is 20.1. The number of hydrogen-bond donors (Lipinski definition) is 0. The molecule has 8 nitrogen and oxygen atoms in total. The SMILES string of the molecule is Cc1ccc2nc(N3CCCc4ccccc43)c(/C=C3/SC(=S)N(C4CCS(=O)(=O)C4)C3=O)c(=O)n2c1. The second kappa shape index (κ2) is 9.07. The van der Waals surface area contributed by atoms with E-state index < -0.39 is 15.9 Å². The molecule has 1 amide bonds. The highest BCUT2D eigenvalue weighted by Gasteiger charge is 2.42. The fourth-order valence-corrected chi connectivity index (χ4v) is 8.32. The van der Waals surface area contributed by atoms with Crippen molar-refractivity contribution < 1.29 is 13.2 Å². The molecule has 1 atom stereocenters. The van der Waals surface area contributed by atoms with Gasteiger partial charge in [-0.1, -0.05) is 48.2 Å². The average Bonchev–Trinajstić information content (AvgIpc) is 3.37. The number of sulfone groups is 1. The van der Waals surface area contributed by atoms with Gasteiger partial charge in [0.2, 0.25) is 0 Å². The lowest BCUT2D eigenvalue weighted by atomic mass is 10.0. The Hall–Kier alpha value is -3.02. The van der Waals surface area contributed by atoms with Crippen LogP contribution in [0.2, 0.25) is 0 Å². The highest BCUT2D eigenvalue weighted by atomic mass is 32.2. The number of aryl methyl sites for hydroxylation is 2. The number of thioether (sulfide) groups is 1. The Morgan fingerprint density at radius 3 is 2.76 bits per heavy atom. The minimum absolute atomic E-state index is 0.0432. The lowest BCUT2D eigenvalue weighted by Gasteiger charge is -2.31. The Balaban J connectivity index is 1.50. The number of fused-ring (bicyclic) bond motifs is 2. The van der Waals surface area contributed by atoms with Gasteiger partial charge >= 0.3 is 0 Å². The van der Waals surface area contributed by atoms with Crippen LogP contribution in [-0.2, 0) is 21.1 Å². The number of anilines is 2. The van der Waals surface area contributed by atoms with Gasteiger partial charge in [0.05, 0.1) is 28.0 Å². The molecule has 37 heavy (non-hydrogen) atoms. The first-order valence-electron chi connectivity index (χ1n) is 12.1. The molecule has 3 aliphatic heterocycles. The third-order valence-electron chi connectivity index (χ3n) is 7.02. The molecule has 1 aromatic carbocycles. The molecular formula is C26H24N4O4S3. The summed E-state index contributed by atoms with van der Waals surface area (Å²) in [5.41, 5.74) is 3.64. The van der Waals surface area contributed by atoms with Gasteiger partial charge in [0.1, 0.15) is 15.8 Å². The maximum absolute atomic E-state index is 13.9. The number of benzene rings is 1. The van der Waals surface area contributed by atoms with Crippen molar-refractivity contribution >= 4 is 67.3 Å². The van der Waals surface area contributed by atoms with E-state index >= 15 is 0 Å². The van der Waals surface area contributed by atoms with Crippen molar-refractivity contribution in [2.24, 2.45) is 0 Å². The van der Waals surface area contributed by atoms with Crippen LogP contribution in [-0.4, -0.2) is 57.0 Å². The summed E-state index contributed by atoms with van der Waals surface area (Å²) < 4.78 is 25.9. The molecule has 190 valence electrons. The van der Waals surface area contributed by atoms with Gasteiger partial charge in [-0.3, -0.25) is 18.9 Å². The zero-order valence-corrected chi connectivity index (χ0v) is 22.5. The first kappa shape index (κ1) is 24.3. The lowest BCUT2D eigenvalue weighted by Crippen LogP contribution is -2.39. The number of aromatic nitrogens is 2. The quantitative estimate of drug-likeness (QED) is 0.360. The summed E-state index contributed by atoms with van der Waals surface area (Å²) in [4.78, 5) is 36.0. The minimum Gasteiger partial charge on any atom is -0.325 e. The molecule has 0 saturated carbocycles. The van der Waals surface area contributed by atoms with Gasteiger partial charge in [-0.05, 0) is 55.5 Å². The molecule has 2 aromatic heterocycles. The van der Waals surface area contributed by atoms with Gasteiger partial charge in [0.25, 0.3) is 11.5 Å². The molecule has 3 aromatic rings. The molecule has 6 rings (SSSR count). The monoisotopic (exact) mass is 552 g/mol. The van der Waals surface area contributed by atoms with E-state index in [2.05, 4.69) is 11.0 Å². The van der Waals surface area contributed by atoms with Crippen LogP contribution in [0.1, 0.15) is 29.5 Å². The van der Waals surface area contributed by atoms with E-state index in [0.717, 1.165) is 35.9 Å². The number of rotatable bonds is 3. The van der Waals surface area contributed by atoms with Crippen molar-refractivity contribution in [2.75, 3.05) is 23.0 Å². The number of hydrogen-bond acceptors (Lipinski definition) is 8.